The Morgan fingerprint density at radius 3 is 2.30 bits per heavy atom. The van der Waals surface area contributed by atoms with Crippen molar-refractivity contribution >= 4 is 11.6 Å². The number of nitrogens with one attached hydrogen (secondary N) is 1. The van der Waals surface area contributed by atoms with Gasteiger partial charge >= 0.3 is 6.18 Å². The van der Waals surface area contributed by atoms with E-state index in [1.165, 1.54) is 40.7 Å². The van der Waals surface area contributed by atoms with Gasteiger partial charge in [0.25, 0.3) is 5.91 Å². The van der Waals surface area contributed by atoms with Crippen LogP contribution in [0, 0.1) is 6.92 Å². The number of alkyl halides is 3. The SMILES string of the molecule is Cc1ccc(N2CCN(C)CC2)c2c1CC[C@@H](NC(=O)c1ccc(-c3ccc(C(F)(F)F)cc3)cn1)C2. The van der Waals surface area contributed by atoms with Crippen LogP contribution >= 0.6 is 0 Å². The van der Waals surface area contributed by atoms with Crippen LogP contribution in [0.2, 0.25) is 0 Å². The third-order valence-electron chi connectivity index (χ3n) is 7.55. The van der Waals surface area contributed by atoms with Crippen molar-refractivity contribution < 1.29 is 18.0 Å². The third kappa shape index (κ3) is 5.49. The molecule has 1 amide bonds. The fraction of sp³-hybridized carbons (Fsp3) is 0.379. The van der Waals surface area contributed by atoms with Gasteiger partial charge in [0.2, 0.25) is 0 Å². The lowest BCUT2D eigenvalue weighted by atomic mass is 9.84. The average Bonchev–Trinajstić information content (AvgIpc) is 2.89. The molecule has 0 radical (unpaired) electrons. The summed E-state index contributed by atoms with van der Waals surface area (Å²) in [5.41, 5.74) is 6.20. The molecule has 5 nitrogen and oxygen atoms in total. The topological polar surface area (TPSA) is 48.5 Å². The molecule has 3 aromatic rings. The van der Waals surface area contributed by atoms with Crippen LogP contribution in [0.15, 0.2) is 54.7 Å². The van der Waals surface area contributed by atoms with E-state index in [2.05, 4.69) is 46.2 Å². The van der Waals surface area contributed by atoms with Crippen molar-refractivity contribution in [3.8, 4) is 11.1 Å². The summed E-state index contributed by atoms with van der Waals surface area (Å²) in [7, 11) is 2.15. The van der Waals surface area contributed by atoms with Gasteiger partial charge in [-0.1, -0.05) is 24.3 Å². The second-order valence-corrected chi connectivity index (χ2v) is 10.1. The molecular formula is C29H31F3N4O. The molecule has 8 heteroatoms. The van der Waals surface area contributed by atoms with E-state index in [4.69, 9.17) is 0 Å². The van der Waals surface area contributed by atoms with Crippen molar-refractivity contribution in [1.82, 2.24) is 15.2 Å². The Morgan fingerprint density at radius 1 is 0.946 bits per heavy atom. The number of pyridine rings is 1. The van der Waals surface area contributed by atoms with Gasteiger partial charge in [0.1, 0.15) is 5.69 Å². The Bertz CT molecular complexity index is 1260. The number of likely N-dealkylation sites (N-methyl/N-ethyl adjacent to an activating group) is 1. The van der Waals surface area contributed by atoms with Gasteiger partial charge in [-0.2, -0.15) is 13.2 Å². The van der Waals surface area contributed by atoms with Gasteiger partial charge in [-0.3, -0.25) is 9.78 Å². The number of rotatable bonds is 4. The number of anilines is 1. The highest BCUT2D eigenvalue weighted by Crippen LogP contribution is 2.34. The zero-order valence-corrected chi connectivity index (χ0v) is 21.1. The number of fused-ring (bicyclic) bond motifs is 1. The summed E-state index contributed by atoms with van der Waals surface area (Å²) in [6.07, 6.45) is -0.262. The predicted octanol–water partition coefficient (Wildman–Crippen LogP) is 5.11. The second kappa shape index (κ2) is 10.2. The van der Waals surface area contributed by atoms with Gasteiger partial charge in [-0.25, -0.2) is 0 Å². The number of benzene rings is 2. The molecular weight excluding hydrogens is 477 g/mol. The molecule has 1 aromatic heterocycles. The van der Waals surface area contributed by atoms with Crippen LogP contribution in [0.3, 0.4) is 0 Å². The summed E-state index contributed by atoms with van der Waals surface area (Å²) in [5.74, 6) is -0.235. The van der Waals surface area contributed by atoms with Crippen molar-refractivity contribution in [2.24, 2.45) is 0 Å². The predicted molar refractivity (Wildman–Crippen MR) is 139 cm³/mol. The highest BCUT2D eigenvalue weighted by Gasteiger charge is 2.30. The molecule has 0 bridgehead atoms. The van der Waals surface area contributed by atoms with E-state index in [1.807, 2.05) is 0 Å². The Labute approximate surface area is 215 Å². The van der Waals surface area contributed by atoms with Crippen LogP contribution in [0.1, 0.15) is 39.2 Å². The summed E-state index contributed by atoms with van der Waals surface area (Å²) in [6, 6.07) is 12.7. The van der Waals surface area contributed by atoms with Crippen molar-refractivity contribution in [2.75, 3.05) is 38.1 Å². The van der Waals surface area contributed by atoms with Crippen LogP contribution in [-0.2, 0) is 19.0 Å². The number of hydrogen-bond acceptors (Lipinski definition) is 4. The number of aromatic nitrogens is 1. The number of aryl methyl sites for hydroxylation is 1. The number of amides is 1. The van der Waals surface area contributed by atoms with E-state index in [-0.39, 0.29) is 11.9 Å². The Balaban J connectivity index is 1.27. The van der Waals surface area contributed by atoms with E-state index in [0.29, 0.717) is 16.8 Å². The van der Waals surface area contributed by atoms with Crippen LogP contribution in [0.4, 0.5) is 18.9 Å². The molecule has 0 unspecified atom stereocenters. The summed E-state index contributed by atoms with van der Waals surface area (Å²) in [6.45, 7) is 6.23. The molecule has 2 heterocycles. The van der Waals surface area contributed by atoms with Crippen molar-refractivity contribution in [2.45, 2.75) is 38.4 Å². The quantitative estimate of drug-likeness (QED) is 0.532. The van der Waals surface area contributed by atoms with Crippen LogP contribution in [0.5, 0.6) is 0 Å². The number of nitrogens with zero attached hydrogens (tertiary/aromatic N) is 3. The number of piperazine rings is 1. The molecule has 1 N–H and O–H groups in total. The molecule has 1 atom stereocenters. The van der Waals surface area contributed by atoms with Gasteiger partial charge in [-0.15, -0.1) is 0 Å². The third-order valence-corrected chi connectivity index (χ3v) is 7.55. The molecule has 1 fully saturated rings. The minimum Gasteiger partial charge on any atom is -0.369 e. The summed E-state index contributed by atoms with van der Waals surface area (Å²) in [4.78, 5) is 22.1. The first-order valence-electron chi connectivity index (χ1n) is 12.7. The maximum absolute atomic E-state index is 13.0. The molecule has 194 valence electrons. The van der Waals surface area contributed by atoms with Crippen molar-refractivity contribution in [3.63, 3.8) is 0 Å². The maximum atomic E-state index is 13.0. The lowest BCUT2D eigenvalue weighted by Gasteiger charge is -2.37. The highest BCUT2D eigenvalue weighted by atomic mass is 19.4. The normalized spacial score (nSPS) is 18.4. The number of halogens is 3. The first kappa shape index (κ1) is 25.3. The van der Waals surface area contributed by atoms with E-state index < -0.39 is 11.7 Å². The first-order valence-corrected chi connectivity index (χ1v) is 12.7. The van der Waals surface area contributed by atoms with E-state index in [0.717, 1.165) is 57.6 Å². The Kier molecular flexibility index (Phi) is 6.94. The minimum atomic E-state index is -4.37. The number of carbonyl (C=O) groups is 1. The van der Waals surface area contributed by atoms with Crippen molar-refractivity contribution in [3.05, 3.63) is 82.7 Å². The summed E-state index contributed by atoms with van der Waals surface area (Å²) in [5, 5.41) is 3.16. The fourth-order valence-corrected chi connectivity index (χ4v) is 5.32. The van der Waals surface area contributed by atoms with Gasteiger partial charge in [0, 0.05) is 49.7 Å². The lowest BCUT2D eigenvalue weighted by molar-refractivity contribution is -0.137. The summed E-state index contributed by atoms with van der Waals surface area (Å²) < 4.78 is 38.5. The second-order valence-electron chi connectivity index (χ2n) is 10.1. The van der Waals surface area contributed by atoms with Crippen LogP contribution < -0.4 is 10.2 Å². The standard InChI is InChI=1S/C29H31F3N4O/c1-19-3-12-27(36-15-13-35(2)14-16-36)25-17-23(9-10-24(19)25)34-28(37)26-11-6-21(18-33-26)20-4-7-22(8-5-20)29(30,31)32/h3-8,11-12,18,23H,9-10,13-17H2,1-2H3,(H,34,37)/t23-/m1/s1. The first-order chi connectivity index (χ1) is 17.7. The maximum Gasteiger partial charge on any atom is 0.416 e. The number of carbonyl (C=O) groups excluding carboxylic acids is 1. The average molecular weight is 509 g/mol. The molecule has 1 saturated heterocycles. The Morgan fingerprint density at radius 2 is 1.65 bits per heavy atom. The lowest BCUT2D eigenvalue weighted by Crippen LogP contribution is -2.45. The molecule has 0 saturated carbocycles. The van der Waals surface area contributed by atoms with Crippen molar-refractivity contribution in [1.29, 1.82) is 0 Å². The Hall–Kier alpha value is -3.39. The molecule has 2 aromatic carbocycles. The monoisotopic (exact) mass is 508 g/mol. The molecule has 37 heavy (non-hydrogen) atoms. The molecule has 2 aliphatic rings. The van der Waals surface area contributed by atoms with E-state index in [1.54, 1.807) is 12.1 Å². The molecule has 0 spiro atoms. The zero-order chi connectivity index (χ0) is 26.2. The highest BCUT2D eigenvalue weighted by molar-refractivity contribution is 5.92. The van der Waals surface area contributed by atoms with E-state index >= 15 is 0 Å². The van der Waals surface area contributed by atoms with Gasteiger partial charge in [0.15, 0.2) is 0 Å². The minimum absolute atomic E-state index is 0.0180. The number of hydrogen-bond donors (Lipinski definition) is 1. The molecule has 5 rings (SSSR count). The zero-order valence-electron chi connectivity index (χ0n) is 21.1. The fourth-order valence-electron chi connectivity index (χ4n) is 5.32. The largest absolute Gasteiger partial charge is 0.416 e. The van der Waals surface area contributed by atoms with Gasteiger partial charge in [-0.05, 0) is 79.8 Å². The van der Waals surface area contributed by atoms with Gasteiger partial charge < -0.3 is 15.1 Å². The molecule has 1 aliphatic heterocycles. The smallest absolute Gasteiger partial charge is 0.369 e. The summed E-state index contributed by atoms with van der Waals surface area (Å²) >= 11 is 0. The van der Waals surface area contributed by atoms with Gasteiger partial charge in [0.05, 0.1) is 5.56 Å². The van der Waals surface area contributed by atoms with E-state index in [9.17, 15) is 18.0 Å². The van der Waals surface area contributed by atoms with Crippen LogP contribution in [0.25, 0.3) is 11.1 Å². The molecule has 1 aliphatic carbocycles. The van der Waals surface area contributed by atoms with Crippen LogP contribution in [-0.4, -0.2) is 55.1 Å².